The molecule has 2 aromatic rings. The van der Waals surface area contributed by atoms with Crippen LogP contribution in [0, 0.1) is 6.92 Å². The topological polar surface area (TPSA) is 61.7 Å². The van der Waals surface area contributed by atoms with Gasteiger partial charge in [-0.15, -0.1) is 0 Å². The van der Waals surface area contributed by atoms with Crippen molar-refractivity contribution in [1.29, 1.82) is 0 Å². The number of rotatable bonds is 3. The highest BCUT2D eigenvalue weighted by Gasteiger charge is 2.05. The van der Waals surface area contributed by atoms with Crippen LogP contribution in [0.4, 0.5) is 0 Å². The number of carbonyl (C=O) groups excluding carboxylic acids is 1. The third kappa shape index (κ3) is 4.15. The Labute approximate surface area is 139 Å². The second-order valence-electron chi connectivity index (χ2n) is 4.40. The highest BCUT2D eigenvalue weighted by atomic mass is 79.9. The predicted molar refractivity (Wildman–Crippen MR) is 89.7 cm³/mol. The molecule has 0 saturated heterocycles. The fourth-order valence-corrected chi connectivity index (χ4v) is 2.82. The van der Waals surface area contributed by atoms with Crippen molar-refractivity contribution in [2.75, 3.05) is 0 Å². The summed E-state index contributed by atoms with van der Waals surface area (Å²) in [6.07, 6.45) is 1.50. The average Bonchev–Trinajstić information content (AvgIpc) is 2.45. The van der Waals surface area contributed by atoms with Crippen molar-refractivity contribution >= 4 is 44.0 Å². The molecule has 0 bridgehead atoms. The Bertz CT molecular complexity index is 674. The Balaban J connectivity index is 2.05. The smallest absolute Gasteiger partial charge is 0.271 e. The van der Waals surface area contributed by atoms with Crippen LogP contribution in [-0.2, 0) is 0 Å². The fraction of sp³-hybridized carbons (Fsp3) is 0.0667. The molecule has 0 radical (unpaired) electrons. The molecule has 21 heavy (non-hydrogen) atoms. The number of hydrazone groups is 1. The monoisotopic (exact) mass is 410 g/mol. The fourth-order valence-electron chi connectivity index (χ4n) is 1.59. The van der Waals surface area contributed by atoms with Gasteiger partial charge in [0.1, 0.15) is 5.75 Å². The number of nitrogens with one attached hydrogen (secondary N) is 1. The van der Waals surface area contributed by atoms with E-state index in [0.717, 1.165) is 11.1 Å². The molecule has 0 spiro atoms. The average molecular weight is 412 g/mol. The summed E-state index contributed by atoms with van der Waals surface area (Å²) in [5, 5.41) is 13.5. The third-order valence-corrected chi connectivity index (χ3v) is 3.94. The van der Waals surface area contributed by atoms with Crippen LogP contribution in [0.1, 0.15) is 21.5 Å². The molecule has 0 fully saturated rings. The van der Waals surface area contributed by atoms with E-state index < -0.39 is 0 Å². The van der Waals surface area contributed by atoms with Crippen LogP contribution in [0.2, 0.25) is 0 Å². The molecule has 0 aliphatic heterocycles. The number of hydrogen-bond acceptors (Lipinski definition) is 3. The second kappa shape index (κ2) is 6.87. The lowest BCUT2D eigenvalue weighted by Gasteiger charge is -2.02. The predicted octanol–water partition coefficient (Wildman–Crippen LogP) is 3.99. The number of aromatic hydroxyl groups is 1. The Morgan fingerprint density at radius 3 is 2.33 bits per heavy atom. The van der Waals surface area contributed by atoms with Gasteiger partial charge in [0.2, 0.25) is 0 Å². The summed E-state index contributed by atoms with van der Waals surface area (Å²) in [4.78, 5) is 11.9. The molecule has 2 aromatic carbocycles. The van der Waals surface area contributed by atoms with Crippen molar-refractivity contribution in [2.24, 2.45) is 5.10 Å². The van der Waals surface area contributed by atoms with Gasteiger partial charge in [0, 0.05) is 5.56 Å². The largest absolute Gasteiger partial charge is 0.506 e. The molecule has 1 amide bonds. The number of carbonyl (C=O) groups is 1. The van der Waals surface area contributed by atoms with E-state index in [-0.39, 0.29) is 11.7 Å². The summed E-state index contributed by atoms with van der Waals surface area (Å²) in [6.45, 7) is 1.96. The zero-order chi connectivity index (χ0) is 15.4. The van der Waals surface area contributed by atoms with Gasteiger partial charge in [-0.25, -0.2) is 5.43 Å². The van der Waals surface area contributed by atoms with E-state index in [1.165, 1.54) is 6.21 Å². The van der Waals surface area contributed by atoms with Gasteiger partial charge in [0.15, 0.2) is 0 Å². The third-order valence-electron chi connectivity index (χ3n) is 2.73. The number of phenolic OH excluding ortho intramolecular Hbond substituents is 1. The Hall–Kier alpha value is -1.66. The van der Waals surface area contributed by atoms with Crippen molar-refractivity contribution in [1.82, 2.24) is 5.43 Å². The van der Waals surface area contributed by atoms with Crippen LogP contribution in [0.15, 0.2) is 50.4 Å². The lowest BCUT2D eigenvalue weighted by molar-refractivity contribution is 0.0955. The molecule has 108 valence electrons. The Morgan fingerprint density at radius 1 is 1.19 bits per heavy atom. The standard InChI is InChI=1S/C15H12Br2N2O2/c1-9-2-4-11(5-3-9)15(21)19-18-8-10-6-12(16)14(20)13(17)7-10/h2-8,20H,1H3,(H,19,21)/b18-8+. The molecule has 2 rings (SSSR count). The second-order valence-corrected chi connectivity index (χ2v) is 6.11. The number of nitrogens with zero attached hydrogens (tertiary/aromatic N) is 1. The van der Waals surface area contributed by atoms with E-state index in [4.69, 9.17) is 0 Å². The van der Waals surface area contributed by atoms with Gasteiger partial charge in [-0.05, 0) is 68.6 Å². The summed E-state index contributed by atoms with van der Waals surface area (Å²) < 4.78 is 1.09. The van der Waals surface area contributed by atoms with E-state index in [1.54, 1.807) is 24.3 Å². The molecule has 4 nitrogen and oxygen atoms in total. The molecule has 0 aliphatic carbocycles. The summed E-state index contributed by atoms with van der Waals surface area (Å²) in [5.41, 5.74) is 4.83. The zero-order valence-corrected chi connectivity index (χ0v) is 14.3. The molecule has 6 heteroatoms. The molecule has 0 atom stereocenters. The molecule has 0 saturated carbocycles. The van der Waals surface area contributed by atoms with Gasteiger partial charge in [-0.2, -0.15) is 5.10 Å². The van der Waals surface area contributed by atoms with Gasteiger partial charge in [-0.1, -0.05) is 17.7 Å². The van der Waals surface area contributed by atoms with E-state index in [2.05, 4.69) is 42.4 Å². The van der Waals surface area contributed by atoms with Crippen LogP contribution in [0.3, 0.4) is 0 Å². The molecule has 0 unspecified atom stereocenters. The van der Waals surface area contributed by atoms with Crippen molar-refractivity contribution in [3.05, 3.63) is 62.0 Å². The van der Waals surface area contributed by atoms with Crippen LogP contribution in [0.25, 0.3) is 0 Å². The summed E-state index contributed by atoms with van der Waals surface area (Å²) in [5.74, 6) is -0.154. The van der Waals surface area contributed by atoms with Crippen molar-refractivity contribution in [3.63, 3.8) is 0 Å². The Kier molecular flexibility index (Phi) is 5.14. The SMILES string of the molecule is Cc1ccc(C(=O)N/N=C/c2cc(Br)c(O)c(Br)c2)cc1. The highest BCUT2D eigenvalue weighted by Crippen LogP contribution is 2.32. The number of benzene rings is 2. The first-order chi connectivity index (χ1) is 9.97. The maximum atomic E-state index is 11.9. The van der Waals surface area contributed by atoms with Crippen molar-refractivity contribution in [3.8, 4) is 5.75 Å². The minimum Gasteiger partial charge on any atom is -0.506 e. The zero-order valence-electron chi connectivity index (χ0n) is 11.1. The maximum absolute atomic E-state index is 11.9. The van der Waals surface area contributed by atoms with Gasteiger partial charge in [-0.3, -0.25) is 4.79 Å². The van der Waals surface area contributed by atoms with E-state index >= 15 is 0 Å². The van der Waals surface area contributed by atoms with Gasteiger partial charge in [0.05, 0.1) is 15.2 Å². The van der Waals surface area contributed by atoms with Crippen LogP contribution < -0.4 is 5.43 Å². The first-order valence-electron chi connectivity index (χ1n) is 6.05. The van der Waals surface area contributed by atoms with Crippen LogP contribution in [0.5, 0.6) is 5.75 Å². The van der Waals surface area contributed by atoms with Crippen LogP contribution in [-0.4, -0.2) is 17.2 Å². The Morgan fingerprint density at radius 2 is 1.76 bits per heavy atom. The summed E-state index contributed by atoms with van der Waals surface area (Å²) in [6, 6.07) is 10.6. The minimum atomic E-state index is -0.275. The summed E-state index contributed by atoms with van der Waals surface area (Å²) >= 11 is 6.46. The molecular weight excluding hydrogens is 400 g/mol. The first-order valence-corrected chi connectivity index (χ1v) is 7.64. The number of amides is 1. The first kappa shape index (κ1) is 15.7. The molecule has 0 aromatic heterocycles. The number of aryl methyl sites for hydroxylation is 1. The lowest BCUT2D eigenvalue weighted by atomic mass is 10.1. The van der Waals surface area contributed by atoms with Gasteiger partial charge >= 0.3 is 0 Å². The molecule has 0 heterocycles. The number of hydrogen-bond donors (Lipinski definition) is 2. The quantitative estimate of drug-likeness (QED) is 0.592. The van der Waals surface area contributed by atoms with E-state index in [9.17, 15) is 9.90 Å². The van der Waals surface area contributed by atoms with E-state index in [1.807, 2.05) is 19.1 Å². The highest BCUT2D eigenvalue weighted by molar-refractivity contribution is 9.11. The normalized spacial score (nSPS) is 10.8. The van der Waals surface area contributed by atoms with E-state index in [0.29, 0.717) is 14.5 Å². The van der Waals surface area contributed by atoms with Gasteiger partial charge < -0.3 is 5.11 Å². The minimum absolute atomic E-state index is 0.121. The lowest BCUT2D eigenvalue weighted by Crippen LogP contribution is -2.17. The molecular formula is C15H12Br2N2O2. The van der Waals surface area contributed by atoms with Crippen molar-refractivity contribution in [2.45, 2.75) is 6.92 Å². The maximum Gasteiger partial charge on any atom is 0.271 e. The number of halogens is 2. The molecule has 0 aliphatic rings. The van der Waals surface area contributed by atoms with Crippen LogP contribution >= 0.6 is 31.9 Å². The summed E-state index contributed by atoms with van der Waals surface area (Å²) in [7, 11) is 0. The molecule has 2 N–H and O–H groups in total. The number of phenols is 1. The van der Waals surface area contributed by atoms with Gasteiger partial charge in [0.25, 0.3) is 5.91 Å². The van der Waals surface area contributed by atoms with Crippen molar-refractivity contribution < 1.29 is 9.90 Å².